The van der Waals surface area contributed by atoms with Crippen molar-refractivity contribution in [3.8, 4) is 16.8 Å². The summed E-state index contributed by atoms with van der Waals surface area (Å²) in [6.07, 6.45) is 1.88. The zero-order valence-corrected chi connectivity index (χ0v) is 21.8. The highest BCUT2D eigenvalue weighted by Gasteiger charge is 2.26. The number of fused-ring (bicyclic) bond motifs is 3. The van der Waals surface area contributed by atoms with Crippen LogP contribution >= 0.6 is 0 Å². The van der Waals surface area contributed by atoms with Crippen LogP contribution < -0.4 is 10.4 Å². The van der Waals surface area contributed by atoms with Crippen LogP contribution in [-0.2, 0) is 0 Å². The fourth-order valence-corrected chi connectivity index (χ4v) is 7.62. The van der Waals surface area contributed by atoms with Crippen molar-refractivity contribution in [2.75, 3.05) is 0 Å². The van der Waals surface area contributed by atoms with E-state index < -0.39 is 8.07 Å². The molecule has 0 atom stereocenters. The number of hydrogen-bond acceptors (Lipinski definition) is 0. The first kappa shape index (κ1) is 22.3. The third-order valence-electron chi connectivity index (χ3n) is 7.51. The summed E-state index contributed by atoms with van der Waals surface area (Å²) in [6, 6.07) is 44.4. The van der Waals surface area contributed by atoms with Crippen LogP contribution in [0, 0.1) is 0 Å². The van der Waals surface area contributed by atoms with Crippen LogP contribution in [0.4, 0.5) is 0 Å². The Kier molecular flexibility index (Phi) is 5.47. The quantitative estimate of drug-likeness (QED) is 0.221. The minimum absolute atomic E-state index is 1.15. The van der Waals surface area contributed by atoms with Crippen molar-refractivity contribution in [2.24, 2.45) is 0 Å². The molecule has 6 aromatic rings. The smallest absolute Gasteiger partial charge is 0.112 e. The largest absolute Gasteiger partial charge is 0.309 e. The maximum atomic E-state index is 3.85. The van der Waals surface area contributed by atoms with E-state index in [2.05, 4.69) is 146 Å². The van der Waals surface area contributed by atoms with Gasteiger partial charge in [0.25, 0.3) is 0 Å². The highest BCUT2D eigenvalue weighted by atomic mass is 28.3. The van der Waals surface area contributed by atoms with Gasteiger partial charge in [-0.25, -0.2) is 0 Å². The van der Waals surface area contributed by atoms with Gasteiger partial charge in [-0.05, 0) is 41.0 Å². The molecule has 0 aliphatic rings. The van der Waals surface area contributed by atoms with E-state index >= 15 is 0 Å². The average molecular weight is 480 g/mol. The molecular formula is C34H29NSi. The summed E-state index contributed by atoms with van der Waals surface area (Å²) in [7, 11) is -1.83. The van der Waals surface area contributed by atoms with Crippen molar-refractivity contribution in [2.45, 2.75) is 13.1 Å². The van der Waals surface area contributed by atoms with E-state index in [-0.39, 0.29) is 0 Å². The van der Waals surface area contributed by atoms with Crippen molar-refractivity contribution in [1.82, 2.24) is 4.57 Å². The van der Waals surface area contributed by atoms with Crippen LogP contribution in [0.1, 0.15) is 5.56 Å². The van der Waals surface area contributed by atoms with Crippen molar-refractivity contribution in [3.63, 3.8) is 0 Å². The Hall–Kier alpha value is -4.14. The van der Waals surface area contributed by atoms with Crippen LogP contribution in [0.2, 0.25) is 13.1 Å². The number of benzene rings is 5. The first-order valence-corrected chi connectivity index (χ1v) is 15.5. The zero-order chi connectivity index (χ0) is 24.7. The number of rotatable bonds is 5. The lowest BCUT2D eigenvalue weighted by atomic mass is 10.0. The topological polar surface area (TPSA) is 4.93 Å². The molecule has 0 N–H and O–H groups in total. The van der Waals surface area contributed by atoms with Gasteiger partial charge in [0, 0.05) is 16.5 Å². The first-order valence-electron chi connectivity index (χ1n) is 12.5. The van der Waals surface area contributed by atoms with Crippen molar-refractivity contribution in [3.05, 3.63) is 133 Å². The van der Waals surface area contributed by atoms with Crippen LogP contribution in [-0.4, -0.2) is 12.6 Å². The molecule has 0 amide bonds. The van der Waals surface area contributed by atoms with Gasteiger partial charge in [-0.3, -0.25) is 0 Å². The third-order valence-corrected chi connectivity index (χ3v) is 11.1. The lowest BCUT2D eigenvalue weighted by molar-refractivity contribution is 1.18. The molecular weight excluding hydrogens is 450 g/mol. The molecule has 1 nitrogen and oxygen atoms in total. The van der Waals surface area contributed by atoms with Crippen LogP contribution in [0.3, 0.4) is 0 Å². The van der Waals surface area contributed by atoms with Gasteiger partial charge in [-0.1, -0.05) is 133 Å². The molecule has 2 heteroatoms. The predicted octanol–water partition coefficient (Wildman–Crippen LogP) is 7.92. The summed E-state index contributed by atoms with van der Waals surface area (Å²) in [4.78, 5) is 0. The zero-order valence-electron chi connectivity index (χ0n) is 20.8. The number of hydrogen-bond donors (Lipinski definition) is 0. The summed E-state index contributed by atoms with van der Waals surface area (Å²) >= 11 is 0. The van der Waals surface area contributed by atoms with E-state index in [1.54, 1.807) is 0 Å². The van der Waals surface area contributed by atoms with E-state index in [1.165, 1.54) is 49.0 Å². The molecule has 0 saturated heterocycles. The predicted molar refractivity (Wildman–Crippen MR) is 159 cm³/mol. The van der Waals surface area contributed by atoms with Gasteiger partial charge in [0.1, 0.15) is 8.07 Å². The second kappa shape index (κ2) is 8.82. The Morgan fingerprint density at radius 1 is 0.556 bits per heavy atom. The molecule has 0 spiro atoms. The summed E-state index contributed by atoms with van der Waals surface area (Å²) in [6.45, 7) is 8.73. The summed E-state index contributed by atoms with van der Waals surface area (Å²) in [5.74, 6) is 0. The second-order valence-corrected chi connectivity index (χ2v) is 14.3. The molecule has 1 aromatic heterocycles. The van der Waals surface area contributed by atoms with Gasteiger partial charge in [0.15, 0.2) is 0 Å². The van der Waals surface area contributed by atoms with Crippen LogP contribution in [0.15, 0.2) is 128 Å². The highest BCUT2D eigenvalue weighted by molar-refractivity contribution is 7.00. The SMILES string of the molecule is C=Cc1ccc(-c2ccc([Si](C)(C)c3ccc(-n4c5ccccc5c5ccccc54)cc3)cc2)cc1. The van der Waals surface area contributed by atoms with Gasteiger partial charge >= 0.3 is 0 Å². The summed E-state index contributed by atoms with van der Waals surface area (Å²) in [5, 5.41) is 5.48. The lowest BCUT2D eigenvalue weighted by Crippen LogP contribution is -2.52. The molecule has 0 aliphatic heterocycles. The molecule has 0 unspecified atom stereocenters. The van der Waals surface area contributed by atoms with E-state index in [0.29, 0.717) is 0 Å². The molecule has 0 saturated carbocycles. The Morgan fingerprint density at radius 3 is 1.50 bits per heavy atom. The van der Waals surface area contributed by atoms with Crippen molar-refractivity contribution in [1.29, 1.82) is 0 Å². The van der Waals surface area contributed by atoms with Crippen molar-refractivity contribution >= 4 is 46.3 Å². The number of para-hydroxylation sites is 2. The fraction of sp³-hybridized carbons (Fsp3) is 0.0588. The molecule has 36 heavy (non-hydrogen) atoms. The number of aromatic nitrogens is 1. The summed E-state index contributed by atoms with van der Waals surface area (Å²) in [5.41, 5.74) is 7.34. The van der Waals surface area contributed by atoms with Crippen LogP contribution in [0.25, 0.3) is 44.7 Å². The Labute approximate surface area is 214 Å². The molecule has 0 bridgehead atoms. The van der Waals surface area contributed by atoms with Gasteiger partial charge in [-0.15, -0.1) is 0 Å². The van der Waals surface area contributed by atoms with E-state index in [9.17, 15) is 0 Å². The molecule has 5 aromatic carbocycles. The first-order chi connectivity index (χ1) is 17.6. The molecule has 6 rings (SSSR count). The third kappa shape index (κ3) is 3.71. The molecule has 0 aliphatic carbocycles. The second-order valence-electron chi connectivity index (χ2n) is 9.95. The van der Waals surface area contributed by atoms with E-state index in [4.69, 9.17) is 0 Å². The monoisotopic (exact) mass is 479 g/mol. The van der Waals surface area contributed by atoms with Crippen LogP contribution in [0.5, 0.6) is 0 Å². The molecule has 0 radical (unpaired) electrons. The Morgan fingerprint density at radius 2 is 1.00 bits per heavy atom. The Bertz CT molecular complexity index is 1630. The molecule has 174 valence electrons. The van der Waals surface area contributed by atoms with Gasteiger partial charge in [-0.2, -0.15) is 0 Å². The average Bonchev–Trinajstić information content (AvgIpc) is 3.28. The standard InChI is InChI=1S/C34H29NSi/c1-4-25-13-15-26(16-14-25)27-17-21-29(22-18-27)36(2,3)30-23-19-28(20-24-30)35-33-11-7-5-9-31(33)32-10-6-8-12-34(32)35/h4-24H,1H2,2-3H3. The lowest BCUT2D eigenvalue weighted by Gasteiger charge is -2.24. The minimum atomic E-state index is -1.83. The Balaban J connectivity index is 1.34. The maximum absolute atomic E-state index is 3.85. The van der Waals surface area contributed by atoms with Gasteiger partial charge < -0.3 is 4.57 Å². The minimum Gasteiger partial charge on any atom is -0.309 e. The number of nitrogens with zero attached hydrogens (tertiary/aromatic N) is 1. The summed E-state index contributed by atoms with van der Waals surface area (Å²) < 4.78 is 2.38. The van der Waals surface area contributed by atoms with Gasteiger partial charge in [0.2, 0.25) is 0 Å². The highest BCUT2D eigenvalue weighted by Crippen LogP contribution is 2.31. The van der Waals surface area contributed by atoms with Crippen molar-refractivity contribution < 1.29 is 0 Å². The normalized spacial score (nSPS) is 11.7. The van der Waals surface area contributed by atoms with Gasteiger partial charge in [0.05, 0.1) is 11.0 Å². The van der Waals surface area contributed by atoms with E-state index in [0.717, 1.165) is 5.56 Å². The maximum Gasteiger partial charge on any atom is 0.112 e. The van der Waals surface area contributed by atoms with E-state index in [1.807, 2.05) is 6.08 Å². The fourth-order valence-electron chi connectivity index (χ4n) is 5.29. The molecule has 1 heterocycles. The molecule has 0 fully saturated rings.